The largest absolute Gasteiger partial charge is 0.494 e. The molecule has 0 aliphatic carbocycles. The molecule has 4 nitrogen and oxygen atoms in total. The van der Waals surface area contributed by atoms with Crippen molar-refractivity contribution in [3.8, 4) is 5.75 Å². The molecule has 0 atom stereocenters. The van der Waals surface area contributed by atoms with E-state index in [2.05, 4.69) is 0 Å². The molecule has 2 aromatic carbocycles. The van der Waals surface area contributed by atoms with Gasteiger partial charge in [0.25, 0.3) is 11.1 Å². The second-order valence-corrected chi connectivity index (χ2v) is 6.43. The molecule has 1 heterocycles. The van der Waals surface area contributed by atoms with Crippen LogP contribution >= 0.6 is 23.4 Å². The molecule has 24 heavy (non-hydrogen) atoms. The topological polar surface area (TPSA) is 46.6 Å². The minimum Gasteiger partial charge on any atom is -0.494 e. The molecule has 2 aromatic rings. The second kappa shape index (κ2) is 7.11. The molecule has 0 radical (unpaired) electrons. The Morgan fingerprint density at radius 2 is 1.75 bits per heavy atom. The molecular weight excluding hydrogens is 346 g/mol. The van der Waals surface area contributed by atoms with Crippen LogP contribution in [-0.4, -0.2) is 17.8 Å². The van der Waals surface area contributed by atoms with Gasteiger partial charge in [0.2, 0.25) is 0 Å². The maximum Gasteiger partial charge on any atom is 0.298 e. The monoisotopic (exact) mass is 359 g/mol. The lowest BCUT2D eigenvalue weighted by atomic mass is 10.2. The van der Waals surface area contributed by atoms with Gasteiger partial charge in [0.1, 0.15) is 5.75 Å². The first-order valence-corrected chi connectivity index (χ1v) is 8.54. The van der Waals surface area contributed by atoms with Crippen LogP contribution in [0.15, 0.2) is 53.4 Å². The van der Waals surface area contributed by atoms with Gasteiger partial charge in [-0.3, -0.25) is 9.59 Å². The van der Waals surface area contributed by atoms with Crippen molar-refractivity contribution in [3.05, 3.63) is 64.0 Å². The number of amides is 2. The molecular formula is C18H14ClNO3S. The lowest BCUT2D eigenvalue weighted by Gasteiger charge is -2.12. The van der Waals surface area contributed by atoms with Gasteiger partial charge < -0.3 is 4.74 Å². The fourth-order valence-electron chi connectivity index (χ4n) is 2.26. The van der Waals surface area contributed by atoms with Gasteiger partial charge in [0.05, 0.1) is 17.2 Å². The maximum absolute atomic E-state index is 12.5. The van der Waals surface area contributed by atoms with E-state index in [4.69, 9.17) is 16.3 Å². The standard InChI is InChI=1S/C18H14ClNO3S/c1-2-23-15-9-3-12(4-10-15)11-16-17(21)20(18(22)24-16)14-7-5-13(19)6-8-14/h3-11H,2H2,1H3/b16-11+. The third-order valence-corrected chi connectivity index (χ3v) is 4.49. The van der Waals surface area contributed by atoms with Crippen molar-refractivity contribution in [1.82, 2.24) is 0 Å². The molecule has 1 aliphatic heterocycles. The highest BCUT2D eigenvalue weighted by atomic mass is 35.5. The Labute approximate surface area is 149 Å². The van der Waals surface area contributed by atoms with E-state index >= 15 is 0 Å². The lowest BCUT2D eigenvalue weighted by Crippen LogP contribution is -2.27. The minimum absolute atomic E-state index is 0.320. The molecule has 0 unspecified atom stereocenters. The summed E-state index contributed by atoms with van der Waals surface area (Å²) in [4.78, 5) is 26.3. The van der Waals surface area contributed by atoms with Gasteiger partial charge in [0, 0.05) is 5.02 Å². The number of halogens is 1. The average Bonchev–Trinajstić information content (AvgIpc) is 2.85. The van der Waals surface area contributed by atoms with Crippen molar-refractivity contribution < 1.29 is 14.3 Å². The quantitative estimate of drug-likeness (QED) is 0.722. The summed E-state index contributed by atoms with van der Waals surface area (Å²) in [6.45, 7) is 2.51. The summed E-state index contributed by atoms with van der Waals surface area (Å²) in [5.74, 6) is 0.435. The number of ether oxygens (including phenoxy) is 1. The third-order valence-electron chi connectivity index (χ3n) is 3.37. The number of nitrogens with zero attached hydrogens (tertiary/aromatic N) is 1. The summed E-state index contributed by atoms with van der Waals surface area (Å²) in [6.07, 6.45) is 1.70. The first-order valence-electron chi connectivity index (χ1n) is 7.35. The number of rotatable bonds is 4. The number of hydrogen-bond donors (Lipinski definition) is 0. The number of thioether (sulfide) groups is 1. The van der Waals surface area contributed by atoms with E-state index < -0.39 is 0 Å². The number of imide groups is 1. The molecule has 1 fully saturated rings. The molecule has 1 aliphatic rings. The van der Waals surface area contributed by atoms with Crippen molar-refractivity contribution in [2.24, 2.45) is 0 Å². The van der Waals surface area contributed by atoms with E-state index in [1.54, 1.807) is 30.3 Å². The van der Waals surface area contributed by atoms with Crippen molar-refractivity contribution in [2.45, 2.75) is 6.92 Å². The highest BCUT2D eigenvalue weighted by Crippen LogP contribution is 2.36. The third kappa shape index (κ3) is 3.47. The first kappa shape index (κ1) is 16.6. The number of carbonyl (C=O) groups excluding carboxylic acids is 2. The van der Waals surface area contributed by atoms with E-state index in [1.807, 2.05) is 31.2 Å². The predicted molar refractivity (Wildman–Crippen MR) is 97.5 cm³/mol. The van der Waals surface area contributed by atoms with Crippen LogP contribution < -0.4 is 9.64 Å². The van der Waals surface area contributed by atoms with Crippen LogP contribution in [0.5, 0.6) is 5.75 Å². The van der Waals surface area contributed by atoms with Crippen LogP contribution in [0.4, 0.5) is 10.5 Å². The van der Waals surface area contributed by atoms with Crippen LogP contribution in [0.1, 0.15) is 12.5 Å². The fourth-order valence-corrected chi connectivity index (χ4v) is 3.23. The molecule has 0 N–H and O–H groups in total. The van der Waals surface area contributed by atoms with Crippen molar-refractivity contribution in [3.63, 3.8) is 0 Å². The molecule has 122 valence electrons. The van der Waals surface area contributed by atoms with Crippen LogP contribution in [-0.2, 0) is 4.79 Å². The Kier molecular flexibility index (Phi) is 4.92. The van der Waals surface area contributed by atoms with Gasteiger partial charge in [0.15, 0.2) is 0 Å². The summed E-state index contributed by atoms with van der Waals surface area (Å²) in [5.41, 5.74) is 1.34. The molecule has 6 heteroatoms. The molecule has 1 saturated heterocycles. The van der Waals surface area contributed by atoms with Crippen LogP contribution in [0.25, 0.3) is 6.08 Å². The van der Waals surface area contributed by atoms with Crippen LogP contribution in [0.3, 0.4) is 0 Å². The molecule has 0 bridgehead atoms. The van der Waals surface area contributed by atoms with Crippen LogP contribution in [0.2, 0.25) is 5.02 Å². The Balaban J connectivity index is 1.83. The first-order chi connectivity index (χ1) is 11.6. The van der Waals surface area contributed by atoms with E-state index in [9.17, 15) is 9.59 Å². The van der Waals surface area contributed by atoms with Gasteiger partial charge in [-0.2, -0.15) is 0 Å². The van der Waals surface area contributed by atoms with Gasteiger partial charge in [-0.1, -0.05) is 23.7 Å². The van der Waals surface area contributed by atoms with Crippen LogP contribution in [0, 0.1) is 0 Å². The summed E-state index contributed by atoms with van der Waals surface area (Å²) in [5, 5.41) is 0.232. The number of anilines is 1. The normalized spacial score (nSPS) is 16.1. The fraction of sp³-hybridized carbons (Fsp3) is 0.111. The molecule has 0 aromatic heterocycles. The number of benzene rings is 2. The highest BCUT2D eigenvalue weighted by Gasteiger charge is 2.36. The summed E-state index contributed by atoms with van der Waals surface area (Å²) < 4.78 is 5.39. The predicted octanol–water partition coefficient (Wildman–Crippen LogP) is 4.98. The highest BCUT2D eigenvalue weighted by molar-refractivity contribution is 8.19. The zero-order valence-electron chi connectivity index (χ0n) is 12.9. The SMILES string of the molecule is CCOc1ccc(/C=C2/SC(=O)N(c3ccc(Cl)cc3)C2=O)cc1. The minimum atomic E-state index is -0.332. The smallest absolute Gasteiger partial charge is 0.298 e. The van der Waals surface area contributed by atoms with E-state index in [1.165, 1.54) is 0 Å². The Morgan fingerprint density at radius 1 is 1.08 bits per heavy atom. The lowest BCUT2D eigenvalue weighted by molar-refractivity contribution is -0.113. The second-order valence-electron chi connectivity index (χ2n) is 5.00. The molecule has 2 amide bonds. The number of hydrogen-bond acceptors (Lipinski definition) is 4. The number of carbonyl (C=O) groups is 2. The molecule has 0 saturated carbocycles. The van der Waals surface area contributed by atoms with Gasteiger partial charge in [-0.25, -0.2) is 4.90 Å². The van der Waals surface area contributed by atoms with Crippen molar-refractivity contribution in [1.29, 1.82) is 0 Å². The Bertz CT molecular complexity index is 800. The average molecular weight is 360 g/mol. The summed E-state index contributed by atoms with van der Waals surface area (Å²) in [7, 11) is 0. The van der Waals surface area contributed by atoms with E-state index in [0.717, 1.165) is 28.0 Å². The van der Waals surface area contributed by atoms with Gasteiger partial charge in [-0.15, -0.1) is 0 Å². The van der Waals surface area contributed by atoms with Gasteiger partial charge >= 0.3 is 0 Å². The summed E-state index contributed by atoms with van der Waals surface area (Å²) >= 11 is 6.77. The maximum atomic E-state index is 12.5. The van der Waals surface area contributed by atoms with Crippen molar-refractivity contribution >= 4 is 46.3 Å². The summed E-state index contributed by atoms with van der Waals surface area (Å²) in [6, 6.07) is 14.0. The van der Waals surface area contributed by atoms with Gasteiger partial charge in [-0.05, 0) is 66.7 Å². The Hall–Kier alpha value is -2.24. The zero-order chi connectivity index (χ0) is 17.1. The zero-order valence-corrected chi connectivity index (χ0v) is 14.4. The van der Waals surface area contributed by atoms with E-state index in [0.29, 0.717) is 22.2 Å². The van der Waals surface area contributed by atoms with Crippen molar-refractivity contribution in [2.75, 3.05) is 11.5 Å². The van der Waals surface area contributed by atoms with E-state index in [-0.39, 0.29) is 11.1 Å². The Morgan fingerprint density at radius 3 is 2.38 bits per heavy atom. The molecule has 3 rings (SSSR count). The molecule has 0 spiro atoms.